The lowest BCUT2D eigenvalue weighted by molar-refractivity contribution is -0.150. The number of carbonyl (C=O) groups is 3. The fraction of sp³-hybridized carbons (Fsp3) is 0.375. The summed E-state index contributed by atoms with van der Waals surface area (Å²) in [5.74, 6) is -1.07. The van der Waals surface area contributed by atoms with Crippen LogP contribution in [-0.2, 0) is 28.0 Å². The predicted octanol–water partition coefficient (Wildman–Crippen LogP) is -0.457. The number of amides is 2. The third-order valence-corrected chi connectivity index (χ3v) is 6.95. The summed E-state index contributed by atoms with van der Waals surface area (Å²) in [7, 11) is 1.69. The first kappa shape index (κ1) is 19.5. The first-order chi connectivity index (χ1) is 14.0. The second-order valence-electron chi connectivity index (χ2n) is 6.44. The summed E-state index contributed by atoms with van der Waals surface area (Å²) in [6.07, 6.45) is 3.51. The highest BCUT2D eigenvalue weighted by molar-refractivity contribution is 8.01. The zero-order chi connectivity index (χ0) is 20.5. The minimum atomic E-state index is -1.16. The molecule has 152 valence electrons. The molecule has 2 N–H and O–H groups in total. The molecule has 2 aliphatic heterocycles. The number of tetrazole rings is 1. The predicted molar refractivity (Wildman–Crippen MR) is 104 cm³/mol. The number of thioether (sulfide) groups is 2. The van der Waals surface area contributed by atoms with Crippen LogP contribution in [0, 0.1) is 0 Å². The van der Waals surface area contributed by atoms with Gasteiger partial charge in [-0.15, -0.1) is 16.9 Å². The number of aliphatic carboxylic acids is 1. The maximum atomic E-state index is 12.6. The maximum absolute atomic E-state index is 12.6. The van der Waals surface area contributed by atoms with Crippen LogP contribution >= 0.6 is 23.5 Å². The lowest BCUT2D eigenvalue weighted by Crippen LogP contribution is -2.70. The molecule has 0 radical (unpaired) electrons. The molecule has 2 aliphatic rings. The Labute approximate surface area is 173 Å². The van der Waals surface area contributed by atoms with Crippen molar-refractivity contribution in [2.75, 3.05) is 11.5 Å². The maximum Gasteiger partial charge on any atom is 0.352 e. The largest absolute Gasteiger partial charge is 0.477 e. The fourth-order valence-electron chi connectivity index (χ4n) is 3.15. The SMILES string of the molecule is Cn1nnnc1SCC1=C(C(=O)O)N2C(=O)C(NC(=O)Cn3cccc3)C2SC1. The second kappa shape index (κ2) is 7.91. The summed E-state index contributed by atoms with van der Waals surface area (Å²) in [6, 6.07) is 2.89. The Kier molecular flexibility index (Phi) is 5.32. The van der Waals surface area contributed by atoms with E-state index >= 15 is 0 Å². The van der Waals surface area contributed by atoms with E-state index in [9.17, 15) is 19.5 Å². The Morgan fingerprint density at radius 1 is 1.38 bits per heavy atom. The van der Waals surface area contributed by atoms with Crippen molar-refractivity contribution in [3.8, 4) is 0 Å². The number of aromatic nitrogens is 5. The van der Waals surface area contributed by atoms with E-state index in [0.29, 0.717) is 22.2 Å². The van der Waals surface area contributed by atoms with Gasteiger partial charge in [-0.2, -0.15) is 0 Å². The number of rotatable bonds is 7. The van der Waals surface area contributed by atoms with Crippen molar-refractivity contribution in [1.82, 2.24) is 35.0 Å². The summed E-state index contributed by atoms with van der Waals surface area (Å²) in [5, 5.41) is 23.7. The molecule has 0 spiro atoms. The molecule has 0 aromatic carbocycles. The Morgan fingerprint density at radius 3 is 2.79 bits per heavy atom. The molecular weight excluding hydrogens is 418 g/mol. The van der Waals surface area contributed by atoms with Crippen LogP contribution in [-0.4, -0.2) is 75.5 Å². The van der Waals surface area contributed by atoms with Gasteiger partial charge in [0, 0.05) is 30.9 Å². The Balaban J connectivity index is 1.45. The third-order valence-electron chi connectivity index (χ3n) is 4.52. The van der Waals surface area contributed by atoms with E-state index in [-0.39, 0.29) is 18.1 Å². The van der Waals surface area contributed by atoms with Crippen molar-refractivity contribution in [2.24, 2.45) is 7.05 Å². The fourth-order valence-corrected chi connectivity index (χ4v) is 5.48. The highest BCUT2D eigenvalue weighted by atomic mass is 32.2. The third kappa shape index (κ3) is 3.74. The summed E-state index contributed by atoms with van der Waals surface area (Å²) < 4.78 is 3.19. The van der Waals surface area contributed by atoms with Crippen LogP contribution < -0.4 is 5.32 Å². The van der Waals surface area contributed by atoms with Gasteiger partial charge in [-0.05, 0) is 28.1 Å². The molecule has 13 heteroatoms. The van der Waals surface area contributed by atoms with Gasteiger partial charge in [0.05, 0.1) is 0 Å². The van der Waals surface area contributed by atoms with Gasteiger partial charge in [-0.3, -0.25) is 14.5 Å². The van der Waals surface area contributed by atoms with Crippen LogP contribution in [0.15, 0.2) is 41.0 Å². The van der Waals surface area contributed by atoms with Crippen LogP contribution in [0.4, 0.5) is 0 Å². The summed E-state index contributed by atoms with van der Waals surface area (Å²) in [5.41, 5.74) is 0.606. The number of fused-ring (bicyclic) bond motifs is 1. The van der Waals surface area contributed by atoms with Crippen molar-refractivity contribution in [2.45, 2.75) is 23.1 Å². The van der Waals surface area contributed by atoms with E-state index in [1.807, 2.05) is 0 Å². The highest BCUT2D eigenvalue weighted by Crippen LogP contribution is 2.41. The van der Waals surface area contributed by atoms with E-state index in [1.165, 1.54) is 33.1 Å². The Bertz CT molecular complexity index is 987. The molecule has 2 unspecified atom stereocenters. The summed E-state index contributed by atoms with van der Waals surface area (Å²) in [4.78, 5) is 38.0. The zero-order valence-electron chi connectivity index (χ0n) is 15.3. The Morgan fingerprint density at radius 2 is 2.14 bits per heavy atom. The molecule has 0 aliphatic carbocycles. The molecule has 11 nitrogen and oxygen atoms in total. The van der Waals surface area contributed by atoms with Gasteiger partial charge < -0.3 is 15.0 Å². The van der Waals surface area contributed by atoms with E-state index in [0.717, 1.165) is 0 Å². The number of carboxylic acids is 1. The topological polar surface area (TPSA) is 135 Å². The first-order valence-corrected chi connectivity index (χ1v) is 10.6. The molecule has 2 amide bonds. The molecule has 2 atom stereocenters. The molecule has 1 fully saturated rings. The van der Waals surface area contributed by atoms with Gasteiger partial charge in [-0.25, -0.2) is 9.48 Å². The number of hydrogen-bond donors (Lipinski definition) is 2. The summed E-state index contributed by atoms with van der Waals surface area (Å²) >= 11 is 2.74. The smallest absolute Gasteiger partial charge is 0.352 e. The van der Waals surface area contributed by atoms with Crippen molar-refractivity contribution in [1.29, 1.82) is 0 Å². The molecule has 2 aromatic heterocycles. The van der Waals surface area contributed by atoms with Crippen molar-refractivity contribution in [3.63, 3.8) is 0 Å². The summed E-state index contributed by atoms with van der Waals surface area (Å²) in [6.45, 7) is 0.101. The number of nitrogens with zero attached hydrogens (tertiary/aromatic N) is 6. The van der Waals surface area contributed by atoms with Gasteiger partial charge in [0.2, 0.25) is 11.1 Å². The van der Waals surface area contributed by atoms with Crippen LogP contribution in [0.1, 0.15) is 0 Å². The van der Waals surface area contributed by atoms with Gasteiger partial charge in [0.1, 0.15) is 23.7 Å². The first-order valence-electron chi connectivity index (χ1n) is 8.61. The van der Waals surface area contributed by atoms with Gasteiger partial charge in [-0.1, -0.05) is 11.8 Å². The quantitative estimate of drug-likeness (QED) is 0.437. The standard InChI is InChI=1S/C16H17N7O4S2/c1-21-16(18-19-20-21)29-8-9-7-28-14-11(13(25)23(14)12(9)15(26)27)17-10(24)6-22-4-2-3-5-22/h2-5,11,14H,6-8H2,1H3,(H,17,24)(H,26,27). The average molecular weight is 435 g/mol. The lowest BCUT2D eigenvalue weighted by atomic mass is 10.0. The monoisotopic (exact) mass is 435 g/mol. The molecule has 29 heavy (non-hydrogen) atoms. The molecule has 4 heterocycles. The molecule has 1 saturated heterocycles. The molecular formula is C16H17N7O4S2. The van der Waals surface area contributed by atoms with E-state index in [4.69, 9.17) is 0 Å². The number of nitrogens with one attached hydrogen (secondary N) is 1. The number of aryl methyl sites for hydroxylation is 1. The van der Waals surface area contributed by atoms with Gasteiger partial charge in [0.15, 0.2) is 0 Å². The Hall–Kier alpha value is -2.80. The van der Waals surface area contributed by atoms with Crippen molar-refractivity contribution < 1.29 is 19.5 Å². The lowest BCUT2D eigenvalue weighted by Gasteiger charge is -2.49. The van der Waals surface area contributed by atoms with Crippen molar-refractivity contribution >= 4 is 41.3 Å². The minimum Gasteiger partial charge on any atom is -0.477 e. The normalized spacial score (nSPS) is 21.0. The van der Waals surface area contributed by atoms with E-state index in [1.54, 1.807) is 36.1 Å². The highest BCUT2D eigenvalue weighted by Gasteiger charge is 2.54. The van der Waals surface area contributed by atoms with Crippen LogP contribution in [0.3, 0.4) is 0 Å². The molecule has 2 aromatic rings. The van der Waals surface area contributed by atoms with Gasteiger partial charge >= 0.3 is 5.97 Å². The zero-order valence-corrected chi connectivity index (χ0v) is 16.9. The van der Waals surface area contributed by atoms with E-state index in [2.05, 4.69) is 20.8 Å². The molecule has 0 bridgehead atoms. The van der Waals surface area contributed by atoms with Gasteiger partial charge in [0.25, 0.3) is 5.91 Å². The van der Waals surface area contributed by atoms with Crippen LogP contribution in [0.5, 0.6) is 0 Å². The molecule has 0 saturated carbocycles. The second-order valence-corrected chi connectivity index (χ2v) is 8.49. The number of hydrogen-bond acceptors (Lipinski definition) is 8. The average Bonchev–Trinajstić information content (AvgIpc) is 3.35. The molecule has 4 rings (SSSR count). The van der Waals surface area contributed by atoms with Crippen LogP contribution in [0.25, 0.3) is 0 Å². The minimum absolute atomic E-state index is 0.0164. The number of carbonyl (C=O) groups excluding carboxylic acids is 2. The van der Waals surface area contributed by atoms with Crippen LogP contribution in [0.2, 0.25) is 0 Å². The van der Waals surface area contributed by atoms with Crippen molar-refractivity contribution in [3.05, 3.63) is 35.8 Å². The number of β-lactam (4-membered cyclic amide) rings is 1. The van der Waals surface area contributed by atoms with E-state index < -0.39 is 23.3 Å². The number of carboxylic acid groups (broad SMARTS) is 1.